The number of nitrogen functional groups attached to an aromatic ring is 1. The fourth-order valence-corrected chi connectivity index (χ4v) is 6.76. The topological polar surface area (TPSA) is 68.3 Å². The zero-order valence-electron chi connectivity index (χ0n) is 7.92. The van der Waals surface area contributed by atoms with Crippen molar-refractivity contribution in [2.45, 2.75) is 13.5 Å². The van der Waals surface area contributed by atoms with Crippen LogP contribution in [0.3, 0.4) is 0 Å². The molecular formula is C6H7I4N3O2S. The molecule has 0 bridgehead atoms. The van der Waals surface area contributed by atoms with Crippen LogP contribution in [-0.4, -0.2) is 13.7 Å². The minimum atomic E-state index is -3.33. The van der Waals surface area contributed by atoms with E-state index < -0.39 is 7.19 Å². The Morgan fingerprint density at radius 3 is 2.25 bits per heavy atom. The number of aromatic nitrogens is 1. The Labute approximate surface area is 148 Å². The molecule has 0 amide bonds. The lowest BCUT2D eigenvalue weighted by atomic mass is 10.2. The maximum atomic E-state index is 11.6. The molecule has 0 aliphatic carbocycles. The van der Waals surface area contributed by atoms with Gasteiger partial charge in [0.05, 0.1) is 26.9 Å². The summed E-state index contributed by atoms with van der Waals surface area (Å²) in [5, 5.41) is 0. The van der Waals surface area contributed by atoms with Crippen LogP contribution in [0.5, 0.6) is 0 Å². The number of nitrogens with two attached hydrogens (primary N) is 1. The van der Waals surface area contributed by atoms with Gasteiger partial charge in [0.25, 0.3) is 7.19 Å². The van der Waals surface area contributed by atoms with Gasteiger partial charge in [-0.05, 0) is 29.5 Å². The quantitative estimate of drug-likeness (QED) is 0.301. The molecule has 0 saturated carbocycles. The van der Waals surface area contributed by atoms with Crippen LogP contribution in [0.25, 0.3) is 0 Å². The molecule has 0 spiro atoms. The van der Waals surface area contributed by atoms with E-state index in [1.807, 2.05) is 23.9 Å². The third kappa shape index (κ3) is 3.47. The highest BCUT2D eigenvalue weighted by Gasteiger charge is 2.23. The van der Waals surface area contributed by atoms with Crippen molar-refractivity contribution >= 4 is 102 Å². The molecule has 16 heavy (non-hydrogen) atoms. The van der Waals surface area contributed by atoms with E-state index in [-0.39, 0.29) is 0 Å². The van der Waals surface area contributed by atoms with Crippen molar-refractivity contribution in [1.82, 2.24) is 5.30 Å². The van der Waals surface area contributed by atoms with Crippen LogP contribution in [0.1, 0.15) is 11.3 Å². The van der Waals surface area contributed by atoms with E-state index in [1.54, 1.807) is 6.92 Å². The largest absolute Gasteiger partial charge is 0.396 e. The van der Waals surface area contributed by atoms with Gasteiger partial charge < -0.3 is 5.73 Å². The molecule has 0 radical (unpaired) electrons. The van der Waals surface area contributed by atoms with Crippen molar-refractivity contribution in [3.05, 3.63) is 15.0 Å². The molecule has 1 heterocycles. The molecule has 0 saturated heterocycles. The van der Waals surface area contributed by atoms with Gasteiger partial charge in [0.1, 0.15) is 3.70 Å². The molecule has 0 aliphatic heterocycles. The number of nitrogens with zero attached hydrogens (tertiary/aromatic N) is 2. The minimum Gasteiger partial charge on any atom is -0.396 e. The number of halogens is 4. The van der Waals surface area contributed by atoms with Gasteiger partial charge in [-0.1, -0.05) is 0 Å². The Bertz CT molecular complexity index is 510. The first-order chi connectivity index (χ1) is 7.16. The predicted octanol–water partition coefficient (Wildman–Crippen LogP) is 3.01. The van der Waals surface area contributed by atoms with Crippen molar-refractivity contribution in [2.24, 2.45) is 0 Å². The summed E-state index contributed by atoms with van der Waals surface area (Å²) in [7, 11) is -3.33. The van der Waals surface area contributed by atoms with Gasteiger partial charge in [-0.25, -0.2) is 3.97 Å². The van der Waals surface area contributed by atoms with Crippen molar-refractivity contribution < 1.29 is 8.42 Å². The van der Waals surface area contributed by atoms with Gasteiger partial charge in [-0.3, -0.25) is 0 Å². The Hall–Kier alpha value is 1.91. The van der Waals surface area contributed by atoms with E-state index >= 15 is 0 Å². The first-order valence-electron chi connectivity index (χ1n) is 3.85. The van der Waals surface area contributed by atoms with Crippen LogP contribution in [0.15, 0.2) is 0 Å². The summed E-state index contributed by atoms with van der Waals surface area (Å²) in [5.74, 6) is 0. The van der Waals surface area contributed by atoms with Gasteiger partial charge in [0.2, 0.25) is 0 Å². The average Bonchev–Trinajstić information content (AvgIpc) is 2.28. The summed E-state index contributed by atoms with van der Waals surface area (Å²) in [4.78, 5) is 0. The number of hydrogen-bond acceptors (Lipinski definition) is 4. The van der Waals surface area contributed by atoms with Crippen LogP contribution >= 0.6 is 89.5 Å². The molecule has 0 atom stereocenters. The lowest BCUT2D eigenvalue weighted by Gasteiger charge is -2.06. The Balaban J connectivity index is 3.46. The van der Waals surface area contributed by atoms with Gasteiger partial charge >= 0.3 is 0 Å². The maximum absolute atomic E-state index is 11.6. The van der Waals surface area contributed by atoms with Gasteiger partial charge in [-0.15, -0.1) is 0 Å². The smallest absolute Gasteiger partial charge is 0.293 e. The summed E-state index contributed by atoms with van der Waals surface area (Å²) in [6, 6.07) is 0. The third-order valence-corrected chi connectivity index (χ3v) is 6.11. The van der Waals surface area contributed by atoms with Crippen LogP contribution < -0.4 is 5.73 Å². The van der Waals surface area contributed by atoms with Gasteiger partial charge in [0, 0.05) is 63.5 Å². The third-order valence-electron chi connectivity index (χ3n) is 1.96. The SMILES string of the molecule is Cc1c(CN(I)I)c(N)c(I)n1S(=O)(=O)I. The molecule has 1 aromatic heterocycles. The summed E-state index contributed by atoms with van der Waals surface area (Å²) in [5.41, 5.74) is 7.99. The maximum Gasteiger partial charge on any atom is 0.293 e. The van der Waals surface area contributed by atoms with Gasteiger partial charge in [-0.2, -0.15) is 9.74 Å². The zero-order valence-corrected chi connectivity index (χ0v) is 17.4. The van der Waals surface area contributed by atoms with Crippen LogP contribution in [0.2, 0.25) is 0 Å². The van der Waals surface area contributed by atoms with Crippen molar-refractivity contribution in [3.63, 3.8) is 0 Å². The molecule has 10 heteroatoms. The summed E-state index contributed by atoms with van der Waals surface area (Å²) in [6.07, 6.45) is 0. The molecule has 0 aliphatic rings. The van der Waals surface area contributed by atoms with Crippen molar-refractivity contribution in [3.8, 4) is 0 Å². The van der Waals surface area contributed by atoms with E-state index in [1.165, 1.54) is 25.2 Å². The Morgan fingerprint density at radius 2 is 1.94 bits per heavy atom. The normalized spacial score (nSPS) is 12.4. The number of hydrogen-bond donors (Lipinski definition) is 1. The standard InChI is InChI=1S/C6H7I4N3O2S/c1-3-4(2-12(8)9)5(11)6(7)13(3)16(10,14)15/h2,11H2,1H3. The molecule has 0 unspecified atom stereocenters. The highest BCUT2D eigenvalue weighted by molar-refractivity contribution is 14.2. The summed E-state index contributed by atoms with van der Waals surface area (Å²) >= 11 is 7.61. The lowest BCUT2D eigenvalue weighted by molar-refractivity contribution is 0.603. The average molecular weight is 693 g/mol. The molecule has 0 fully saturated rings. The molecule has 2 N–H and O–H groups in total. The second-order valence-corrected chi connectivity index (χ2v) is 12.7. The molecular weight excluding hydrogens is 686 g/mol. The van der Waals surface area contributed by atoms with E-state index in [2.05, 4.69) is 45.7 Å². The Morgan fingerprint density at radius 1 is 1.44 bits per heavy atom. The fraction of sp³-hybridized carbons (Fsp3) is 0.333. The highest BCUT2D eigenvalue weighted by Crippen LogP contribution is 2.32. The second-order valence-electron chi connectivity index (χ2n) is 2.94. The predicted molar refractivity (Wildman–Crippen MR) is 98.2 cm³/mol. The number of anilines is 1. The van der Waals surface area contributed by atoms with E-state index in [9.17, 15) is 8.42 Å². The first-order valence-corrected chi connectivity index (χ1v) is 10.8. The van der Waals surface area contributed by atoms with Crippen molar-refractivity contribution in [2.75, 3.05) is 5.73 Å². The number of rotatable bonds is 3. The minimum absolute atomic E-state index is 0.539. The first kappa shape index (κ1) is 16.0. The summed E-state index contributed by atoms with van der Waals surface area (Å²) in [6.45, 7) is 2.37. The van der Waals surface area contributed by atoms with Crippen molar-refractivity contribution in [1.29, 1.82) is 0 Å². The second kappa shape index (κ2) is 5.91. The molecule has 5 nitrogen and oxygen atoms in total. The van der Waals surface area contributed by atoms with Crippen LogP contribution in [0.4, 0.5) is 5.69 Å². The molecule has 1 rings (SSSR count). The molecule has 0 aromatic carbocycles. The van der Waals surface area contributed by atoms with Crippen LogP contribution in [-0.2, 0) is 13.7 Å². The lowest BCUT2D eigenvalue weighted by Crippen LogP contribution is -2.09. The fourth-order valence-electron chi connectivity index (χ4n) is 1.28. The van der Waals surface area contributed by atoms with E-state index in [0.717, 1.165) is 5.56 Å². The molecule has 92 valence electrons. The molecule has 1 aromatic rings. The van der Waals surface area contributed by atoms with Gasteiger partial charge in [0.15, 0.2) is 0 Å². The van der Waals surface area contributed by atoms with E-state index in [4.69, 9.17) is 5.73 Å². The van der Waals surface area contributed by atoms with E-state index in [0.29, 0.717) is 21.6 Å². The highest BCUT2D eigenvalue weighted by atomic mass is 127. The van der Waals surface area contributed by atoms with Crippen LogP contribution in [0, 0.1) is 10.6 Å². The zero-order chi connectivity index (χ0) is 12.7. The monoisotopic (exact) mass is 693 g/mol. The summed E-state index contributed by atoms with van der Waals surface area (Å²) < 4.78 is 26.9. The Kier molecular flexibility index (Phi) is 5.90.